The van der Waals surface area contributed by atoms with Crippen LogP contribution in [0.5, 0.6) is 0 Å². The molecule has 8 nitrogen and oxygen atoms in total. The number of H-pyrrole nitrogens is 1. The van der Waals surface area contributed by atoms with Gasteiger partial charge in [-0.15, -0.1) is 0 Å². The predicted molar refractivity (Wildman–Crippen MR) is 103 cm³/mol. The van der Waals surface area contributed by atoms with E-state index in [9.17, 15) is 22.4 Å². The van der Waals surface area contributed by atoms with Crippen LogP contribution in [0.1, 0.15) is 57.9 Å². The summed E-state index contributed by atoms with van der Waals surface area (Å²) >= 11 is 0. The van der Waals surface area contributed by atoms with Crippen LogP contribution in [0.15, 0.2) is 36.7 Å². The van der Waals surface area contributed by atoms with Crippen molar-refractivity contribution >= 4 is 11.4 Å². The molecule has 1 amide bonds. The summed E-state index contributed by atoms with van der Waals surface area (Å²) in [5.74, 6) is -0.531. The monoisotopic (exact) mass is 447 g/mol. The van der Waals surface area contributed by atoms with Crippen LogP contribution in [0.3, 0.4) is 0 Å². The van der Waals surface area contributed by atoms with Crippen LogP contribution in [0.4, 0.5) is 17.6 Å². The minimum atomic E-state index is -2.82. The highest BCUT2D eigenvalue weighted by Crippen LogP contribution is 2.35. The van der Waals surface area contributed by atoms with Crippen LogP contribution in [0, 0.1) is 0 Å². The molecular weight excluding hydrogens is 430 g/mol. The molecule has 12 heteroatoms. The third-order valence-corrected chi connectivity index (χ3v) is 5.57. The number of pyridine rings is 1. The van der Waals surface area contributed by atoms with Crippen LogP contribution < -0.4 is 0 Å². The number of halogens is 4. The van der Waals surface area contributed by atoms with E-state index in [0.717, 1.165) is 21.0 Å². The summed E-state index contributed by atoms with van der Waals surface area (Å²) in [7, 11) is 1.41. The summed E-state index contributed by atoms with van der Waals surface area (Å²) in [4.78, 5) is 22.2. The highest BCUT2D eigenvalue weighted by atomic mass is 19.3. The number of rotatable bonds is 4. The van der Waals surface area contributed by atoms with Crippen LogP contribution in [-0.2, 0) is 13.5 Å². The number of aromatic amines is 1. The van der Waals surface area contributed by atoms with Crippen molar-refractivity contribution in [3.05, 3.63) is 70.8 Å². The van der Waals surface area contributed by atoms with E-state index in [4.69, 9.17) is 0 Å². The number of hydrogen-bond donors (Lipinski definition) is 1. The maximum Gasteiger partial charge on any atom is 0.282 e. The third kappa shape index (κ3) is 3.13. The van der Waals surface area contributed by atoms with Crippen molar-refractivity contribution in [3.63, 3.8) is 0 Å². The second-order valence-corrected chi connectivity index (χ2v) is 7.45. The van der Waals surface area contributed by atoms with E-state index < -0.39 is 30.5 Å². The number of fused-ring (bicyclic) bond motifs is 2. The molecule has 4 aromatic rings. The van der Waals surface area contributed by atoms with Gasteiger partial charge in [-0.2, -0.15) is 10.2 Å². The van der Waals surface area contributed by atoms with E-state index in [1.807, 2.05) is 0 Å². The Kier molecular flexibility index (Phi) is 4.72. The van der Waals surface area contributed by atoms with Gasteiger partial charge in [0.05, 0.1) is 23.2 Å². The van der Waals surface area contributed by atoms with E-state index >= 15 is 0 Å². The number of carbonyl (C=O) groups excluding carboxylic acids is 1. The summed E-state index contributed by atoms with van der Waals surface area (Å²) in [6.45, 7) is 0.253. The molecule has 1 aliphatic rings. The van der Waals surface area contributed by atoms with E-state index in [-0.39, 0.29) is 17.9 Å². The van der Waals surface area contributed by atoms with Crippen molar-refractivity contribution in [2.24, 2.45) is 7.05 Å². The maximum atomic E-state index is 13.5. The minimum Gasteiger partial charge on any atom is -0.348 e. The highest BCUT2D eigenvalue weighted by molar-refractivity contribution is 5.93. The Hall–Kier alpha value is -3.70. The summed E-state index contributed by atoms with van der Waals surface area (Å²) in [5, 5.41) is 8.08. The summed E-state index contributed by atoms with van der Waals surface area (Å²) in [6.07, 6.45) is -3.60. The van der Waals surface area contributed by atoms with Gasteiger partial charge in [0.15, 0.2) is 0 Å². The van der Waals surface area contributed by atoms with Gasteiger partial charge in [-0.3, -0.25) is 9.48 Å². The van der Waals surface area contributed by atoms with E-state index in [2.05, 4.69) is 20.2 Å². The van der Waals surface area contributed by atoms with Gasteiger partial charge >= 0.3 is 0 Å². The molecule has 0 fully saturated rings. The number of aryl methyl sites for hydroxylation is 1. The Balaban J connectivity index is 1.62. The molecular formula is C20H17F4N7O. The lowest BCUT2D eigenvalue weighted by atomic mass is 9.99. The summed E-state index contributed by atoms with van der Waals surface area (Å²) in [6, 6.07) is 6.32. The first-order chi connectivity index (χ1) is 15.3. The average Bonchev–Trinajstić information content (AvgIpc) is 3.49. The van der Waals surface area contributed by atoms with Crippen molar-refractivity contribution in [1.82, 2.24) is 34.3 Å². The van der Waals surface area contributed by atoms with Gasteiger partial charge in [0, 0.05) is 25.7 Å². The summed E-state index contributed by atoms with van der Waals surface area (Å²) < 4.78 is 55.4. The SMILES string of the molecule is Cn1nc(C(F)F)cc1C(=O)N1CCc2[nH]cnc2[C@@H]1c1cc2cccc(C(F)F)n2n1. The maximum absolute atomic E-state index is 13.5. The van der Waals surface area contributed by atoms with Gasteiger partial charge in [0.1, 0.15) is 23.1 Å². The summed E-state index contributed by atoms with van der Waals surface area (Å²) in [5.41, 5.74) is 1.31. The van der Waals surface area contributed by atoms with E-state index in [1.165, 1.54) is 30.4 Å². The van der Waals surface area contributed by atoms with Crippen molar-refractivity contribution in [1.29, 1.82) is 0 Å². The van der Waals surface area contributed by atoms with Crippen molar-refractivity contribution in [2.45, 2.75) is 25.3 Å². The molecule has 32 heavy (non-hydrogen) atoms. The lowest BCUT2D eigenvalue weighted by molar-refractivity contribution is 0.0675. The second-order valence-electron chi connectivity index (χ2n) is 7.45. The van der Waals surface area contributed by atoms with Crippen molar-refractivity contribution in [2.75, 3.05) is 6.54 Å². The lowest BCUT2D eigenvalue weighted by Gasteiger charge is -2.33. The number of alkyl halides is 4. The van der Waals surface area contributed by atoms with Gasteiger partial charge in [-0.25, -0.2) is 27.1 Å². The molecule has 1 N–H and O–H groups in total. The molecule has 0 aromatic carbocycles. The largest absolute Gasteiger partial charge is 0.348 e. The highest BCUT2D eigenvalue weighted by Gasteiger charge is 2.37. The van der Waals surface area contributed by atoms with Crippen LogP contribution >= 0.6 is 0 Å². The number of aromatic nitrogens is 6. The fourth-order valence-corrected chi connectivity index (χ4v) is 4.09. The number of carbonyl (C=O) groups is 1. The fourth-order valence-electron chi connectivity index (χ4n) is 4.09. The van der Waals surface area contributed by atoms with Gasteiger partial charge in [0.25, 0.3) is 18.8 Å². The zero-order valence-electron chi connectivity index (χ0n) is 16.7. The molecule has 0 unspecified atom stereocenters. The normalized spacial score (nSPS) is 16.3. The Morgan fingerprint density at radius 1 is 1.16 bits per heavy atom. The van der Waals surface area contributed by atoms with Gasteiger partial charge in [0.2, 0.25) is 0 Å². The molecule has 0 spiro atoms. The molecule has 0 radical (unpaired) electrons. The molecule has 166 valence electrons. The quantitative estimate of drug-likeness (QED) is 0.486. The standard InChI is InChI=1S/C20H17F4N7O/c1-29-15(8-13(27-29)18(21)22)20(32)30-6-5-11-16(26-9-25-11)17(30)12-7-10-3-2-4-14(19(23)24)31(10)28-12/h2-4,7-9,17-19H,5-6H2,1H3,(H,25,26)/t17-/m0/s1. The Morgan fingerprint density at radius 2 is 1.97 bits per heavy atom. The first kappa shape index (κ1) is 20.2. The fraction of sp³-hybridized carbons (Fsp3) is 0.300. The zero-order valence-corrected chi connectivity index (χ0v) is 16.7. The van der Waals surface area contributed by atoms with Crippen molar-refractivity contribution < 1.29 is 22.4 Å². The van der Waals surface area contributed by atoms with Crippen LogP contribution in [0.2, 0.25) is 0 Å². The first-order valence-corrected chi connectivity index (χ1v) is 9.77. The lowest BCUT2D eigenvalue weighted by Crippen LogP contribution is -2.41. The third-order valence-electron chi connectivity index (χ3n) is 5.57. The number of imidazole rings is 1. The smallest absolute Gasteiger partial charge is 0.282 e. The van der Waals surface area contributed by atoms with Crippen molar-refractivity contribution in [3.8, 4) is 0 Å². The van der Waals surface area contributed by atoms with E-state index in [0.29, 0.717) is 23.3 Å². The van der Waals surface area contributed by atoms with Gasteiger partial charge < -0.3 is 9.88 Å². The molecule has 1 aliphatic heterocycles. The molecule has 0 saturated heterocycles. The van der Waals surface area contributed by atoms with Gasteiger partial charge in [-0.05, 0) is 24.3 Å². The number of hydrogen-bond acceptors (Lipinski definition) is 4. The number of nitrogens with zero attached hydrogens (tertiary/aromatic N) is 6. The average molecular weight is 447 g/mol. The molecule has 1 atom stereocenters. The topological polar surface area (TPSA) is 84.1 Å². The zero-order chi connectivity index (χ0) is 22.6. The second kappa shape index (κ2) is 7.46. The van der Waals surface area contributed by atoms with Crippen LogP contribution in [0.25, 0.3) is 5.52 Å². The molecule has 0 saturated carbocycles. The van der Waals surface area contributed by atoms with Gasteiger partial charge in [-0.1, -0.05) is 6.07 Å². The molecule has 5 rings (SSSR count). The molecule has 0 bridgehead atoms. The molecule has 4 aromatic heterocycles. The van der Waals surface area contributed by atoms with Crippen LogP contribution in [-0.4, -0.2) is 46.7 Å². The number of amides is 1. The number of nitrogens with one attached hydrogen (secondary N) is 1. The minimum absolute atomic E-state index is 0.0127. The Labute approximate surface area is 178 Å². The predicted octanol–water partition coefficient (Wildman–Crippen LogP) is 3.45. The van der Waals surface area contributed by atoms with E-state index in [1.54, 1.807) is 12.1 Å². The molecule has 5 heterocycles. The first-order valence-electron chi connectivity index (χ1n) is 9.77. The molecule has 0 aliphatic carbocycles. The Morgan fingerprint density at radius 3 is 2.69 bits per heavy atom. The Bertz CT molecular complexity index is 1310.